The summed E-state index contributed by atoms with van der Waals surface area (Å²) in [6.45, 7) is 9.90. The number of carbonyl (C=O) groups is 1. The second-order valence-corrected chi connectivity index (χ2v) is 5.08. The monoisotopic (exact) mass is 281 g/mol. The first-order valence-corrected chi connectivity index (χ1v) is 7.49. The lowest BCUT2D eigenvalue weighted by Gasteiger charge is -2.28. The van der Waals surface area contributed by atoms with E-state index in [1.54, 1.807) is 0 Å². The maximum absolute atomic E-state index is 12.1. The smallest absolute Gasteiger partial charge is 0.326 e. The number of likely N-dealkylation sites (N-methyl/N-ethyl adjacent to an activating group) is 1. The van der Waals surface area contributed by atoms with Crippen molar-refractivity contribution in [3.8, 4) is 0 Å². The standard InChI is InChI=1S/C15H27N3O2/c1-5-13-16-10-12-18(13)11-8-9-15(4,17-6-2)14(19)20-7-3/h10,12,17H,5-9,11H2,1-4H3. The lowest BCUT2D eigenvalue weighted by Crippen LogP contribution is -2.50. The topological polar surface area (TPSA) is 56.2 Å². The fraction of sp³-hybridized carbons (Fsp3) is 0.733. The van der Waals surface area contributed by atoms with Gasteiger partial charge in [-0.25, -0.2) is 4.98 Å². The van der Waals surface area contributed by atoms with Crippen LogP contribution in [0.1, 0.15) is 46.4 Å². The second-order valence-electron chi connectivity index (χ2n) is 5.08. The van der Waals surface area contributed by atoms with E-state index in [0.717, 1.165) is 38.2 Å². The predicted octanol–water partition coefficient (Wildman–Crippen LogP) is 2.16. The second kappa shape index (κ2) is 8.04. The summed E-state index contributed by atoms with van der Waals surface area (Å²) >= 11 is 0. The van der Waals surface area contributed by atoms with Gasteiger partial charge in [-0.1, -0.05) is 13.8 Å². The first-order chi connectivity index (χ1) is 9.57. The van der Waals surface area contributed by atoms with E-state index in [-0.39, 0.29) is 5.97 Å². The normalized spacial score (nSPS) is 14.0. The molecule has 114 valence electrons. The van der Waals surface area contributed by atoms with E-state index < -0.39 is 5.54 Å². The van der Waals surface area contributed by atoms with Gasteiger partial charge in [0.1, 0.15) is 11.4 Å². The van der Waals surface area contributed by atoms with Gasteiger partial charge in [-0.05, 0) is 33.2 Å². The van der Waals surface area contributed by atoms with Crippen molar-refractivity contribution in [1.82, 2.24) is 14.9 Å². The Hall–Kier alpha value is -1.36. The van der Waals surface area contributed by atoms with E-state index in [9.17, 15) is 4.79 Å². The number of aromatic nitrogens is 2. The van der Waals surface area contributed by atoms with E-state index in [0.29, 0.717) is 6.61 Å². The van der Waals surface area contributed by atoms with E-state index in [1.165, 1.54) is 0 Å². The molecular formula is C15H27N3O2. The van der Waals surface area contributed by atoms with Gasteiger partial charge in [0.25, 0.3) is 0 Å². The highest BCUT2D eigenvalue weighted by molar-refractivity contribution is 5.80. The Morgan fingerprint density at radius 2 is 2.20 bits per heavy atom. The average Bonchev–Trinajstić information content (AvgIpc) is 2.87. The molecule has 1 rings (SSSR count). The SMILES string of the molecule is CCNC(C)(CCCn1ccnc1CC)C(=O)OCC. The van der Waals surface area contributed by atoms with Crippen LogP contribution >= 0.6 is 0 Å². The molecule has 0 bridgehead atoms. The van der Waals surface area contributed by atoms with Gasteiger partial charge in [-0.2, -0.15) is 0 Å². The van der Waals surface area contributed by atoms with Crippen LogP contribution in [0.5, 0.6) is 0 Å². The van der Waals surface area contributed by atoms with Crippen molar-refractivity contribution < 1.29 is 9.53 Å². The van der Waals surface area contributed by atoms with Crippen LogP contribution in [0.2, 0.25) is 0 Å². The number of carbonyl (C=O) groups excluding carboxylic acids is 1. The fourth-order valence-electron chi connectivity index (χ4n) is 2.40. The molecule has 0 aliphatic heterocycles. The molecule has 1 N–H and O–H groups in total. The van der Waals surface area contributed by atoms with Gasteiger partial charge < -0.3 is 14.6 Å². The number of rotatable bonds is 9. The van der Waals surface area contributed by atoms with Crippen LogP contribution in [0.25, 0.3) is 0 Å². The van der Waals surface area contributed by atoms with Gasteiger partial charge in [-0.3, -0.25) is 4.79 Å². The van der Waals surface area contributed by atoms with Crippen LogP contribution in [-0.4, -0.2) is 34.2 Å². The summed E-state index contributed by atoms with van der Waals surface area (Å²) in [7, 11) is 0. The summed E-state index contributed by atoms with van der Waals surface area (Å²) in [6, 6.07) is 0. The van der Waals surface area contributed by atoms with Gasteiger partial charge in [0.2, 0.25) is 0 Å². The molecule has 1 unspecified atom stereocenters. The summed E-state index contributed by atoms with van der Waals surface area (Å²) in [4.78, 5) is 16.4. The number of imidazole rings is 1. The molecule has 1 aromatic rings. The van der Waals surface area contributed by atoms with Crippen molar-refractivity contribution in [3.63, 3.8) is 0 Å². The molecule has 0 fully saturated rings. The third kappa shape index (κ3) is 4.34. The van der Waals surface area contributed by atoms with Crippen molar-refractivity contribution in [2.45, 2.75) is 59.0 Å². The Labute approximate surface area is 121 Å². The number of nitrogens with zero attached hydrogens (tertiary/aromatic N) is 2. The number of ether oxygens (including phenoxy) is 1. The lowest BCUT2D eigenvalue weighted by atomic mass is 9.95. The summed E-state index contributed by atoms with van der Waals surface area (Å²) < 4.78 is 7.32. The van der Waals surface area contributed by atoms with Crippen molar-refractivity contribution in [1.29, 1.82) is 0 Å². The molecule has 0 spiro atoms. The van der Waals surface area contributed by atoms with Crippen LogP contribution in [-0.2, 0) is 22.5 Å². The van der Waals surface area contributed by atoms with E-state index in [2.05, 4.69) is 21.8 Å². The minimum Gasteiger partial charge on any atom is -0.465 e. The van der Waals surface area contributed by atoms with Gasteiger partial charge in [0.15, 0.2) is 0 Å². The number of hydrogen-bond acceptors (Lipinski definition) is 4. The molecule has 5 heteroatoms. The number of aryl methyl sites for hydroxylation is 2. The molecule has 0 saturated heterocycles. The van der Waals surface area contributed by atoms with Gasteiger partial charge >= 0.3 is 5.97 Å². The molecule has 1 heterocycles. The molecule has 1 aromatic heterocycles. The quantitative estimate of drug-likeness (QED) is 0.705. The largest absolute Gasteiger partial charge is 0.465 e. The Balaban J connectivity index is 2.56. The summed E-state index contributed by atoms with van der Waals surface area (Å²) in [5.41, 5.74) is -0.599. The number of esters is 1. The van der Waals surface area contributed by atoms with E-state index >= 15 is 0 Å². The highest BCUT2D eigenvalue weighted by atomic mass is 16.5. The molecule has 0 saturated carbocycles. The van der Waals surface area contributed by atoms with Crippen LogP contribution < -0.4 is 5.32 Å². The van der Waals surface area contributed by atoms with Crippen LogP contribution in [0.15, 0.2) is 12.4 Å². The summed E-state index contributed by atoms with van der Waals surface area (Å²) in [6.07, 6.45) is 6.41. The molecule has 5 nitrogen and oxygen atoms in total. The molecule has 0 aliphatic carbocycles. The number of nitrogens with one attached hydrogen (secondary N) is 1. The molecule has 1 atom stereocenters. The van der Waals surface area contributed by atoms with E-state index in [4.69, 9.17) is 4.74 Å². The highest BCUT2D eigenvalue weighted by Crippen LogP contribution is 2.16. The van der Waals surface area contributed by atoms with Crippen LogP contribution in [0.3, 0.4) is 0 Å². The molecule has 0 aromatic carbocycles. The molecule has 20 heavy (non-hydrogen) atoms. The Kier molecular flexibility index (Phi) is 6.71. The summed E-state index contributed by atoms with van der Waals surface area (Å²) in [5, 5.41) is 3.25. The lowest BCUT2D eigenvalue weighted by molar-refractivity contribution is -0.150. The van der Waals surface area contributed by atoms with Crippen molar-refractivity contribution in [2.75, 3.05) is 13.2 Å². The number of hydrogen-bond donors (Lipinski definition) is 1. The molecule has 0 radical (unpaired) electrons. The van der Waals surface area contributed by atoms with Crippen molar-refractivity contribution in [2.24, 2.45) is 0 Å². The Morgan fingerprint density at radius 3 is 2.80 bits per heavy atom. The van der Waals surface area contributed by atoms with Crippen molar-refractivity contribution >= 4 is 5.97 Å². The zero-order valence-electron chi connectivity index (χ0n) is 13.1. The molecular weight excluding hydrogens is 254 g/mol. The predicted molar refractivity (Wildman–Crippen MR) is 79.6 cm³/mol. The van der Waals surface area contributed by atoms with Crippen LogP contribution in [0, 0.1) is 0 Å². The first-order valence-electron chi connectivity index (χ1n) is 7.49. The van der Waals surface area contributed by atoms with E-state index in [1.807, 2.05) is 33.2 Å². The molecule has 0 amide bonds. The summed E-state index contributed by atoms with van der Waals surface area (Å²) in [5.74, 6) is 0.925. The Morgan fingerprint density at radius 1 is 1.45 bits per heavy atom. The minimum absolute atomic E-state index is 0.164. The third-order valence-corrected chi connectivity index (χ3v) is 3.49. The maximum atomic E-state index is 12.1. The zero-order chi connectivity index (χ0) is 15.0. The molecule has 0 aliphatic rings. The zero-order valence-corrected chi connectivity index (χ0v) is 13.1. The fourth-order valence-corrected chi connectivity index (χ4v) is 2.40. The van der Waals surface area contributed by atoms with Gasteiger partial charge in [0, 0.05) is 25.4 Å². The van der Waals surface area contributed by atoms with Gasteiger partial charge in [0.05, 0.1) is 6.61 Å². The minimum atomic E-state index is -0.599. The van der Waals surface area contributed by atoms with Gasteiger partial charge in [-0.15, -0.1) is 0 Å². The highest BCUT2D eigenvalue weighted by Gasteiger charge is 2.33. The Bertz CT molecular complexity index is 417. The van der Waals surface area contributed by atoms with Crippen LogP contribution in [0.4, 0.5) is 0 Å². The maximum Gasteiger partial charge on any atom is 0.326 e. The average molecular weight is 281 g/mol. The third-order valence-electron chi connectivity index (χ3n) is 3.49. The van der Waals surface area contributed by atoms with Crippen molar-refractivity contribution in [3.05, 3.63) is 18.2 Å². The first kappa shape index (κ1) is 16.7.